The van der Waals surface area contributed by atoms with Crippen molar-refractivity contribution >= 4 is 11.6 Å². The van der Waals surface area contributed by atoms with Crippen molar-refractivity contribution in [1.82, 2.24) is 5.32 Å². The first-order valence-electron chi connectivity index (χ1n) is 5.51. The van der Waals surface area contributed by atoms with Gasteiger partial charge in [-0.25, -0.2) is 0 Å². The molecule has 1 amide bonds. The number of ether oxygens (including phenoxy) is 1. The van der Waals surface area contributed by atoms with E-state index < -0.39 is 6.10 Å². The lowest BCUT2D eigenvalue weighted by Crippen LogP contribution is -2.31. The molecular weight excluding hydrogens is 220 g/mol. The van der Waals surface area contributed by atoms with Crippen LogP contribution in [0.15, 0.2) is 24.3 Å². The summed E-state index contributed by atoms with van der Waals surface area (Å²) in [5.41, 5.74) is 6.23. The topological polar surface area (TPSA) is 84.6 Å². The summed E-state index contributed by atoms with van der Waals surface area (Å²) < 4.78 is 5.37. The van der Waals surface area contributed by atoms with Crippen LogP contribution in [0.4, 0.5) is 5.69 Å². The number of aliphatic hydroxyl groups is 1. The second-order valence-corrected chi connectivity index (χ2v) is 3.79. The second-order valence-electron chi connectivity index (χ2n) is 3.79. The molecule has 1 unspecified atom stereocenters. The standard InChI is InChI=1S/C12H18N2O3/c1-9(15)8-14-12(16)6-7-17-11-5-3-2-4-10(11)13/h2-5,9,15H,6-8,13H2,1H3,(H,14,16). The molecule has 0 aliphatic heterocycles. The van der Waals surface area contributed by atoms with Crippen molar-refractivity contribution in [2.45, 2.75) is 19.4 Å². The summed E-state index contributed by atoms with van der Waals surface area (Å²) >= 11 is 0. The Morgan fingerprint density at radius 3 is 2.88 bits per heavy atom. The Bertz CT molecular complexity index is 367. The molecule has 1 rings (SSSR count). The summed E-state index contributed by atoms with van der Waals surface area (Å²) in [6.45, 7) is 2.13. The summed E-state index contributed by atoms with van der Waals surface area (Å²) in [4.78, 5) is 11.3. The Hall–Kier alpha value is -1.75. The summed E-state index contributed by atoms with van der Waals surface area (Å²) in [5, 5.41) is 11.6. The maximum absolute atomic E-state index is 11.3. The molecule has 94 valence electrons. The summed E-state index contributed by atoms with van der Waals surface area (Å²) in [6, 6.07) is 7.13. The highest BCUT2D eigenvalue weighted by atomic mass is 16.5. The number of aliphatic hydroxyl groups excluding tert-OH is 1. The molecule has 17 heavy (non-hydrogen) atoms. The molecule has 0 aliphatic carbocycles. The molecule has 0 saturated carbocycles. The molecule has 4 N–H and O–H groups in total. The number of hydrogen-bond donors (Lipinski definition) is 3. The van der Waals surface area contributed by atoms with Crippen LogP contribution < -0.4 is 15.8 Å². The number of anilines is 1. The van der Waals surface area contributed by atoms with Crippen molar-refractivity contribution in [3.63, 3.8) is 0 Å². The van der Waals surface area contributed by atoms with Gasteiger partial charge in [-0.05, 0) is 19.1 Å². The zero-order valence-electron chi connectivity index (χ0n) is 9.85. The number of carbonyl (C=O) groups is 1. The van der Waals surface area contributed by atoms with Crippen molar-refractivity contribution < 1.29 is 14.6 Å². The number of carbonyl (C=O) groups excluding carboxylic acids is 1. The van der Waals surface area contributed by atoms with Crippen LogP contribution >= 0.6 is 0 Å². The number of rotatable bonds is 6. The van der Waals surface area contributed by atoms with Gasteiger partial charge in [-0.1, -0.05) is 12.1 Å². The maximum atomic E-state index is 11.3. The summed E-state index contributed by atoms with van der Waals surface area (Å²) in [6.07, 6.45) is -0.300. The number of nitrogen functional groups attached to an aromatic ring is 1. The predicted octanol–water partition coefficient (Wildman–Crippen LogP) is 0.535. The molecule has 0 spiro atoms. The van der Waals surface area contributed by atoms with Gasteiger partial charge in [0, 0.05) is 6.54 Å². The number of nitrogens with two attached hydrogens (primary N) is 1. The van der Waals surface area contributed by atoms with E-state index in [1.54, 1.807) is 19.1 Å². The lowest BCUT2D eigenvalue weighted by molar-refractivity contribution is -0.122. The van der Waals surface area contributed by atoms with Crippen LogP contribution in [-0.4, -0.2) is 30.3 Å². The molecule has 0 aromatic heterocycles. The van der Waals surface area contributed by atoms with Crippen LogP contribution in [0.3, 0.4) is 0 Å². The van der Waals surface area contributed by atoms with Gasteiger partial charge in [0.15, 0.2) is 0 Å². The molecule has 5 nitrogen and oxygen atoms in total. The van der Waals surface area contributed by atoms with Crippen molar-refractivity contribution in [2.75, 3.05) is 18.9 Å². The van der Waals surface area contributed by atoms with Crippen LogP contribution in [0.1, 0.15) is 13.3 Å². The average molecular weight is 238 g/mol. The fraction of sp³-hybridized carbons (Fsp3) is 0.417. The molecule has 0 radical (unpaired) electrons. The minimum absolute atomic E-state index is 0.152. The zero-order valence-corrected chi connectivity index (χ0v) is 9.85. The molecule has 0 fully saturated rings. The summed E-state index contributed by atoms with van der Waals surface area (Å²) in [7, 11) is 0. The van der Waals surface area contributed by atoms with Crippen molar-refractivity contribution in [3.8, 4) is 5.75 Å². The van der Waals surface area contributed by atoms with E-state index in [4.69, 9.17) is 15.6 Å². The molecular formula is C12H18N2O3. The first-order chi connectivity index (χ1) is 8.09. The quantitative estimate of drug-likeness (QED) is 0.631. The third-order valence-corrected chi connectivity index (χ3v) is 2.10. The first kappa shape index (κ1) is 13.3. The number of hydrogen-bond acceptors (Lipinski definition) is 4. The second kappa shape index (κ2) is 6.75. The number of nitrogens with one attached hydrogen (secondary N) is 1. The van der Waals surface area contributed by atoms with Gasteiger partial charge in [0.2, 0.25) is 5.91 Å². The maximum Gasteiger partial charge on any atom is 0.223 e. The Labute approximate surface area is 101 Å². The van der Waals surface area contributed by atoms with E-state index in [-0.39, 0.29) is 25.5 Å². The Kier molecular flexibility index (Phi) is 5.29. The minimum Gasteiger partial charge on any atom is -0.491 e. The van der Waals surface area contributed by atoms with E-state index in [2.05, 4.69) is 5.32 Å². The lowest BCUT2D eigenvalue weighted by Gasteiger charge is -2.09. The molecule has 0 heterocycles. The van der Waals surface area contributed by atoms with Crippen LogP contribution in [0, 0.1) is 0 Å². The number of benzene rings is 1. The van der Waals surface area contributed by atoms with Crippen molar-refractivity contribution in [2.24, 2.45) is 0 Å². The SMILES string of the molecule is CC(O)CNC(=O)CCOc1ccccc1N. The number of para-hydroxylation sites is 2. The van der Waals surface area contributed by atoms with Gasteiger partial charge < -0.3 is 20.9 Å². The first-order valence-corrected chi connectivity index (χ1v) is 5.51. The van der Waals surface area contributed by atoms with Gasteiger partial charge in [-0.2, -0.15) is 0 Å². The fourth-order valence-corrected chi connectivity index (χ4v) is 1.22. The number of amides is 1. The largest absolute Gasteiger partial charge is 0.491 e. The molecule has 0 aliphatic rings. The van der Waals surface area contributed by atoms with Crippen LogP contribution in [0.25, 0.3) is 0 Å². The third-order valence-electron chi connectivity index (χ3n) is 2.10. The highest BCUT2D eigenvalue weighted by Gasteiger charge is 2.04. The van der Waals surface area contributed by atoms with Gasteiger partial charge in [0.05, 0.1) is 24.8 Å². The average Bonchev–Trinajstić information content (AvgIpc) is 2.29. The molecule has 1 atom stereocenters. The van der Waals surface area contributed by atoms with Gasteiger partial charge >= 0.3 is 0 Å². The highest BCUT2D eigenvalue weighted by Crippen LogP contribution is 2.19. The zero-order chi connectivity index (χ0) is 12.7. The van der Waals surface area contributed by atoms with Crippen LogP contribution in [0.2, 0.25) is 0 Å². The molecule has 0 saturated heterocycles. The molecule has 5 heteroatoms. The van der Waals surface area contributed by atoms with E-state index >= 15 is 0 Å². The van der Waals surface area contributed by atoms with E-state index in [1.165, 1.54) is 0 Å². The van der Waals surface area contributed by atoms with Gasteiger partial charge in [-0.3, -0.25) is 4.79 Å². The van der Waals surface area contributed by atoms with E-state index in [1.807, 2.05) is 12.1 Å². The van der Waals surface area contributed by atoms with Crippen molar-refractivity contribution in [1.29, 1.82) is 0 Å². The van der Waals surface area contributed by atoms with Crippen LogP contribution in [0.5, 0.6) is 5.75 Å². The Balaban J connectivity index is 2.24. The lowest BCUT2D eigenvalue weighted by atomic mass is 10.3. The van der Waals surface area contributed by atoms with E-state index in [9.17, 15) is 4.79 Å². The Morgan fingerprint density at radius 2 is 2.24 bits per heavy atom. The normalized spacial score (nSPS) is 11.9. The predicted molar refractivity (Wildman–Crippen MR) is 65.7 cm³/mol. The van der Waals surface area contributed by atoms with Crippen molar-refractivity contribution in [3.05, 3.63) is 24.3 Å². The summed E-state index contributed by atoms with van der Waals surface area (Å²) in [5.74, 6) is 0.427. The van der Waals surface area contributed by atoms with Crippen LogP contribution in [-0.2, 0) is 4.79 Å². The molecule has 1 aromatic rings. The third kappa shape index (κ3) is 5.21. The molecule has 0 bridgehead atoms. The highest BCUT2D eigenvalue weighted by molar-refractivity contribution is 5.76. The van der Waals surface area contributed by atoms with Gasteiger partial charge in [0.1, 0.15) is 5.75 Å². The smallest absolute Gasteiger partial charge is 0.223 e. The Morgan fingerprint density at radius 1 is 1.53 bits per heavy atom. The monoisotopic (exact) mass is 238 g/mol. The van der Waals surface area contributed by atoms with E-state index in [0.29, 0.717) is 11.4 Å². The minimum atomic E-state index is -0.537. The van der Waals surface area contributed by atoms with E-state index in [0.717, 1.165) is 0 Å². The molecule has 1 aromatic carbocycles. The fourth-order valence-electron chi connectivity index (χ4n) is 1.22. The van der Waals surface area contributed by atoms with Gasteiger partial charge in [-0.15, -0.1) is 0 Å². The van der Waals surface area contributed by atoms with Gasteiger partial charge in [0.25, 0.3) is 0 Å².